The standard InChI is InChI=1S/C23H19N5O9S3/c1-13-8-15(24)2-7-20(13)27-25-16-3-5-17(6-4-16)26-28-21-12-19-14(10-23(21)40(35,36)37)9-18(38(29,30)31)11-22(19)39(32,33)34/h2-12H,24H2,1H3,(H,29,30,31)(H,32,33,34)(H,35,36,37). The van der Waals surface area contributed by atoms with Crippen LogP contribution in [-0.4, -0.2) is 38.9 Å². The topological polar surface area (TPSA) is 239 Å². The van der Waals surface area contributed by atoms with E-state index in [0.717, 1.165) is 23.8 Å². The van der Waals surface area contributed by atoms with Crippen molar-refractivity contribution in [2.24, 2.45) is 20.5 Å². The summed E-state index contributed by atoms with van der Waals surface area (Å²) < 4.78 is 99.8. The first-order valence-corrected chi connectivity index (χ1v) is 15.2. The van der Waals surface area contributed by atoms with Crippen molar-refractivity contribution in [3.63, 3.8) is 0 Å². The second-order valence-electron chi connectivity index (χ2n) is 8.35. The number of anilines is 1. The van der Waals surface area contributed by atoms with Gasteiger partial charge in [0.1, 0.15) is 15.5 Å². The highest BCUT2D eigenvalue weighted by atomic mass is 32.2. The van der Waals surface area contributed by atoms with Gasteiger partial charge in [-0.2, -0.15) is 40.6 Å². The first-order chi connectivity index (χ1) is 18.5. The first kappa shape index (κ1) is 28.9. The van der Waals surface area contributed by atoms with Gasteiger partial charge in [-0.05, 0) is 84.6 Å². The fourth-order valence-electron chi connectivity index (χ4n) is 3.57. The molecule has 0 aliphatic rings. The molecular weight excluding hydrogens is 586 g/mol. The molecule has 208 valence electrons. The van der Waals surface area contributed by atoms with Crippen molar-refractivity contribution < 1.29 is 38.9 Å². The quantitative estimate of drug-likeness (QED) is 0.120. The monoisotopic (exact) mass is 605 g/mol. The zero-order valence-corrected chi connectivity index (χ0v) is 22.7. The van der Waals surface area contributed by atoms with Crippen molar-refractivity contribution in [1.29, 1.82) is 0 Å². The molecule has 0 amide bonds. The van der Waals surface area contributed by atoms with Crippen LogP contribution in [0.5, 0.6) is 0 Å². The van der Waals surface area contributed by atoms with E-state index in [1.54, 1.807) is 30.3 Å². The molecule has 0 saturated carbocycles. The van der Waals surface area contributed by atoms with E-state index in [2.05, 4.69) is 20.5 Å². The van der Waals surface area contributed by atoms with Crippen LogP contribution in [0.15, 0.2) is 102 Å². The van der Waals surface area contributed by atoms with Gasteiger partial charge in [-0.25, -0.2) is 0 Å². The molecule has 0 aromatic heterocycles. The van der Waals surface area contributed by atoms with E-state index in [9.17, 15) is 38.9 Å². The Morgan fingerprint density at radius 3 is 1.65 bits per heavy atom. The molecule has 0 spiro atoms. The fraction of sp³-hybridized carbons (Fsp3) is 0.0435. The van der Waals surface area contributed by atoms with Crippen molar-refractivity contribution in [2.45, 2.75) is 21.6 Å². The molecule has 14 nitrogen and oxygen atoms in total. The van der Waals surface area contributed by atoms with E-state index in [1.807, 2.05) is 6.92 Å². The van der Waals surface area contributed by atoms with Gasteiger partial charge in [0, 0.05) is 11.1 Å². The van der Waals surface area contributed by atoms with Crippen LogP contribution in [0.1, 0.15) is 5.56 Å². The second kappa shape index (κ2) is 10.5. The summed E-state index contributed by atoms with van der Waals surface area (Å²) in [6.07, 6.45) is 0. The maximum atomic E-state index is 12.0. The van der Waals surface area contributed by atoms with Crippen LogP contribution in [0.25, 0.3) is 10.8 Å². The number of nitrogen functional groups attached to an aromatic ring is 1. The average molecular weight is 606 g/mol. The normalized spacial score (nSPS) is 13.0. The highest BCUT2D eigenvalue weighted by Crippen LogP contribution is 2.36. The molecule has 0 radical (unpaired) electrons. The number of benzene rings is 4. The third-order valence-corrected chi connectivity index (χ3v) is 8.05. The number of hydrogen-bond donors (Lipinski definition) is 4. The number of fused-ring (bicyclic) bond motifs is 1. The van der Waals surface area contributed by atoms with E-state index in [4.69, 9.17) is 5.73 Å². The number of azo groups is 2. The molecule has 0 atom stereocenters. The summed E-state index contributed by atoms with van der Waals surface area (Å²) in [4.78, 5) is -2.74. The largest absolute Gasteiger partial charge is 0.399 e. The molecule has 4 aromatic carbocycles. The molecule has 0 fully saturated rings. The molecule has 0 saturated heterocycles. The summed E-state index contributed by atoms with van der Waals surface area (Å²) in [5.41, 5.74) is 7.88. The Morgan fingerprint density at radius 1 is 0.600 bits per heavy atom. The Hall–Kier alpha value is -4.13. The van der Waals surface area contributed by atoms with Gasteiger partial charge in [0.15, 0.2) is 0 Å². The maximum absolute atomic E-state index is 12.0. The lowest BCUT2D eigenvalue weighted by atomic mass is 10.1. The van der Waals surface area contributed by atoms with Crippen molar-refractivity contribution in [3.8, 4) is 0 Å². The minimum Gasteiger partial charge on any atom is -0.399 e. The van der Waals surface area contributed by atoms with E-state index in [-0.39, 0.29) is 16.5 Å². The second-order valence-corrected chi connectivity index (χ2v) is 12.6. The fourth-order valence-corrected chi connectivity index (χ4v) is 5.55. The summed E-state index contributed by atoms with van der Waals surface area (Å²) in [6.45, 7) is 1.83. The van der Waals surface area contributed by atoms with Gasteiger partial charge in [0.25, 0.3) is 30.4 Å². The molecule has 0 aliphatic carbocycles. The van der Waals surface area contributed by atoms with Crippen molar-refractivity contribution in [1.82, 2.24) is 0 Å². The summed E-state index contributed by atoms with van der Waals surface area (Å²) >= 11 is 0. The third-order valence-electron chi connectivity index (χ3n) is 5.44. The minimum atomic E-state index is -5.06. The van der Waals surface area contributed by atoms with Crippen LogP contribution in [0, 0.1) is 6.92 Å². The number of nitrogens with zero attached hydrogens (tertiary/aromatic N) is 4. The van der Waals surface area contributed by atoms with Gasteiger partial charge in [-0.3, -0.25) is 13.7 Å². The highest BCUT2D eigenvalue weighted by molar-refractivity contribution is 7.87. The number of rotatable bonds is 7. The SMILES string of the molecule is Cc1cc(N)ccc1N=Nc1ccc(N=Nc2cc3c(S(=O)(=O)O)cc(S(=O)(=O)O)cc3cc2S(=O)(=O)O)cc1. The van der Waals surface area contributed by atoms with Crippen LogP contribution in [0.4, 0.5) is 28.4 Å². The van der Waals surface area contributed by atoms with Crippen molar-refractivity contribution in [3.05, 3.63) is 72.3 Å². The third kappa shape index (κ3) is 6.53. The average Bonchev–Trinajstić information content (AvgIpc) is 2.84. The van der Waals surface area contributed by atoms with E-state index in [1.165, 1.54) is 12.1 Å². The van der Waals surface area contributed by atoms with E-state index in [0.29, 0.717) is 23.1 Å². The van der Waals surface area contributed by atoms with E-state index < -0.39 is 50.7 Å². The number of hydrogen-bond acceptors (Lipinski definition) is 11. The predicted molar refractivity (Wildman–Crippen MR) is 144 cm³/mol. The Labute approximate surface area is 228 Å². The van der Waals surface area contributed by atoms with Gasteiger partial charge < -0.3 is 5.73 Å². The Balaban J connectivity index is 1.76. The lowest BCUT2D eigenvalue weighted by molar-refractivity contribution is 0.480. The minimum absolute atomic E-state index is 0.209. The van der Waals surface area contributed by atoms with Gasteiger partial charge in [0.05, 0.1) is 22.0 Å². The van der Waals surface area contributed by atoms with Gasteiger partial charge in [0.2, 0.25) is 0 Å². The van der Waals surface area contributed by atoms with Crippen LogP contribution < -0.4 is 5.73 Å². The molecule has 5 N–H and O–H groups in total. The molecule has 4 rings (SSSR count). The van der Waals surface area contributed by atoms with Crippen LogP contribution in [0.2, 0.25) is 0 Å². The molecule has 40 heavy (non-hydrogen) atoms. The Bertz CT molecular complexity index is 2040. The van der Waals surface area contributed by atoms with Gasteiger partial charge >= 0.3 is 0 Å². The maximum Gasteiger partial charge on any atom is 0.296 e. The molecule has 0 heterocycles. The van der Waals surface area contributed by atoms with Crippen LogP contribution in [-0.2, 0) is 30.4 Å². The van der Waals surface area contributed by atoms with E-state index >= 15 is 0 Å². The molecular formula is C23H19N5O9S3. The lowest BCUT2D eigenvalue weighted by Crippen LogP contribution is -2.05. The van der Waals surface area contributed by atoms with Gasteiger partial charge in [-0.1, -0.05) is 0 Å². The first-order valence-electron chi connectivity index (χ1n) is 10.9. The molecule has 0 unspecified atom stereocenters. The van der Waals surface area contributed by atoms with Crippen molar-refractivity contribution >= 4 is 69.6 Å². The number of aryl methyl sites for hydroxylation is 1. The lowest BCUT2D eigenvalue weighted by Gasteiger charge is -2.10. The Kier molecular flexibility index (Phi) is 7.54. The van der Waals surface area contributed by atoms with Crippen LogP contribution >= 0.6 is 0 Å². The van der Waals surface area contributed by atoms with Crippen LogP contribution in [0.3, 0.4) is 0 Å². The highest BCUT2D eigenvalue weighted by Gasteiger charge is 2.24. The summed E-state index contributed by atoms with van der Waals surface area (Å²) in [6, 6.07) is 14.0. The predicted octanol–water partition coefficient (Wildman–Crippen LogP) is 5.30. The molecule has 17 heteroatoms. The molecule has 4 aromatic rings. The smallest absolute Gasteiger partial charge is 0.296 e. The summed E-state index contributed by atoms with van der Waals surface area (Å²) in [5.74, 6) is 0. The zero-order valence-electron chi connectivity index (χ0n) is 20.2. The van der Waals surface area contributed by atoms with Crippen molar-refractivity contribution in [2.75, 3.05) is 5.73 Å². The summed E-state index contributed by atoms with van der Waals surface area (Å²) in [7, 11) is -15.0. The Morgan fingerprint density at radius 2 is 1.15 bits per heavy atom. The summed E-state index contributed by atoms with van der Waals surface area (Å²) in [5, 5.41) is 15.3. The van der Waals surface area contributed by atoms with Gasteiger partial charge in [-0.15, -0.1) is 5.11 Å². The zero-order chi connectivity index (χ0) is 29.5. The molecule has 0 bridgehead atoms. The molecule has 0 aliphatic heterocycles. The number of nitrogens with two attached hydrogens (primary N) is 1.